The highest BCUT2D eigenvalue weighted by Gasteiger charge is 2.21. The molecule has 0 aliphatic heterocycles. The lowest BCUT2D eigenvalue weighted by Crippen LogP contribution is -2.36. The van der Waals surface area contributed by atoms with Crippen LogP contribution in [0.5, 0.6) is 0 Å². The zero-order valence-electron chi connectivity index (χ0n) is 10.6. The maximum atomic E-state index is 13.0. The molecule has 1 aromatic carbocycles. The van der Waals surface area contributed by atoms with Crippen LogP contribution >= 0.6 is 0 Å². The molecule has 19 heavy (non-hydrogen) atoms. The summed E-state index contributed by atoms with van der Waals surface area (Å²) in [6.45, 7) is 2.22. The second-order valence-electron chi connectivity index (χ2n) is 4.12. The van der Waals surface area contributed by atoms with Crippen molar-refractivity contribution in [2.45, 2.75) is 24.3 Å². The molecule has 1 unspecified atom stereocenters. The molecule has 1 rings (SSSR count). The van der Waals surface area contributed by atoms with E-state index in [-0.39, 0.29) is 23.7 Å². The number of aliphatic hydroxyl groups excluding tert-OH is 1. The van der Waals surface area contributed by atoms with Crippen LogP contribution in [0, 0.1) is 11.6 Å². The van der Waals surface area contributed by atoms with Gasteiger partial charge < -0.3 is 10.4 Å². The van der Waals surface area contributed by atoms with E-state index in [0.717, 1.165) is 12.1 Å². The van der Waals surface area contributed by atoms with Crippen molar-refractivity contribution in [2.24, 2.45) is 0 Å². The molecule has 0 heterocycles. The molecule has 1 aromatic rings. The number of nitrogens with one attached hydrogen (secondary N) is 1. The molecule has 0 fully saturated rings. The van der Waals surface area contributed by atoms with Gasteiger partial charge in [0.1, 0.15) is 0 Å². The summed E-state index contributed by atoms with van der Waals surface area (Å²) in [5, 5.41) is 11.8. The molecule has 4 nitrogen and oxygen atoms in total. The first-order chi connectivity index (χ1) is 8.90. The van der Waals surface area contributed by atoms with Crippen LogP contribution in [0.4, 0.5) is 8.78 Å². The molecule has 0 aromatic heterocycles. The fourth-order valence-electron chi connectivity index (χ4n) is 1.72. The molecule has 2 N–H and O–H groups in total. The van der Waals surface area contributed by atoms with Gasteiger partial charge in [0.2, 0.25) is 0 Å². The van der Waals surface area contributed by atoms with Crippen molar-refractivity contribution >= 4 is 9.84 Å². The molecular weight excluding hydrogens is 276 g/mol. The van der Waals surface area contributed by atoms with Crippen LogP contribution in [0.15, 0.2) is 23.1 Å². The Morgan fingerprint density at radius 1 is 1.32 bits per heavy atom. The van der Waals surface area contributed by atoms with Crippen molar-refractivity contribution in [3.8, 4) is 0 Å². The van der Waals surface area contributed by atoms with Gasteiger partial charge in [0.25, 0.3) is 0 Å². The zero-order chi connectivity index (χ0) is 14.5. The van der Waals surface area contributed by atoms with Crippen LogP contribution in [-0.4, -0.2) is 38.5 Å². The van der Waals surface area contributed by atoms with Gasteiger partial charge in [-0.1, -0.05) is 6.92 Å². The van der Waals surface area contributed by atoms with Crippen LogP contribution in [0.3, 0.4) is 0 Å². The maximum Gasteiger partial charge on any atom is 0.180 e. The molecule has 0 saturated heterocycles. The summed E-state index contributed by atoms with van der Waals surface area (Å²) in [6, 6.07) is 2.08. The molecule has 0 amide bonds. The number of benzene rings is 1. The SMILES string of the molecule is CCNC(CCO)CS(=O)(=O)c1ccc(F)c(F)c1. The average molecular weight is 293 g/mol. The molecule has 0 radical (unpaired) electrons. The average Bonchev–Trinajstić information content (AvgIpc) is 2.32. The van der Waals surface area contributed by atoms with Crippen molar-refractivity contribution in [3.63, 3.8) is 0 Å². The third-order valence-corrected chi connectivity index (χ3v) is 4.45. The van der Waals surface area contributed by atoms with E-state index < -0.39 is 27.5 Å². The molecule has 0 spiro atoms. The summed E-state index contributed by atoms with van der Waals surface area (Å²) in [6.07, 6.45) is 0.275. The van der Waals surface area contributed by atoms with Gasteiger partial charge >= 0.3 is 0 Å². The van der Waals surface area contributed by atoms with Crippen LogP contribution in [0.2, 0.25) is 0 Å². The predicted molar refractivity (Wildman–Crippen MR) is 67.6 cm³/mol. The number of aliphatic hydroxyl groups is 1. The Balaban J connectivity index is 2.92. The Hall–Kier alpha value is -1.05. The monoisotopic (exact) mass is 293 g/mol. The van der Waals surface area contributed by atoms with Gasteiger partial charge in [-0.3, -0.25) is 0 Å². The van der Waals surface area contributed by atoms with Gasteiger partial charge in [-0.2, -0.15) is 0 Å². The lowest BCUT2D eigenvalue weighted by atomic mass is 10.2. The quantitative estimate of drug-likeness (QED) is 0.739. The number of halogens is 2. The highest BCUT2D eigenvalue weighted by atomic mass is 32.2. The summed E-state index contributed by atoms with van der Waals surface area (Å²) in [7, 11) is -3.72. The van der Waals surface area contributed by atoms with E-state index in [1.807, 2.05) is 6.92 Å². The predicted octanol–water partition coefficient (Wildman–Crippen LogP) is 1.10. The van der Waals surface area contributed by atoms with Gasteiger partial charge in [0.05, 0.1) is 10.6 Å². The second-order valence-corrected chi connectivity index (χ2v) is 6.16. The number of hydrogen-bond acceptors (Lipinski definition) is 4. The molecule has 0 bridgehead atoms. The normalized spacial score (nSPS) is 13.5. The maximum absolute atomic E-state index is 13.0. The Kier molecular flexibility index (Phi) is 5.84. The van der Waals surface area contributed by atoms with Gasteiger partial charge in [-0.25, -0.2) is 17.2 Å². The fourth-order valence-corrected chi connectivity index (χ4v) is 3.29. The van der Waals surface area contributed by atoms with Crippen molar-refractivity contribution in [2.75, 3.05) is 18.9 Å². The van der Waals surface area contributed by atoms with E-state index in [1.54, 1.807) is 0 Å². The zero-order valence-corrected chi connectivity index (χ0v) is 11.4. The van der Waals surface area contributed by atoms with E-state index in [9.17, 15) is 17.2 Å². The lowest BCUT2D eigenvalue weighted by Gasteiger charge is -2.16. The summed E-state index contributed by atoms with van der Waals surface area (Å²) in [5.74, 6) is -2.55. The summed E-state index contributed by atoms with van der Waals surface area (Å²) >= 11 is 0. The van der Waals surface area contributed by atoms with Gasteiger partial charge in [0, 0.05) is 12.6 Å². The minimum atomic E-state index is -3.72. The standard InChI is InChI=1S/C12H17F2NO3S/c1-2-15-9(5-6-16)8-19(17,18)10-3-4-11(13)12(14)7-10/h3-4,7,9,15-16H,2,5-6,8H2,1H3. The summed E-state index contributed by atoms with van der Waals surface area (Å²) in [4.78, 5) is -0.257. The largest absolute Gasteiger partial charge is 0.396 e. The van der Waals surface area contributed by atoms with E-state index in [2.05, 4.69) is 5.32 Å². The molecular formula is C12H17F2NO3S. The Labute approximate surface area is 111 Å². The first kappa shape index (κ1) is 16.0. The lowest BCUT2D eigenvalue weighted by molar-refractivity contribution is 0.270. The molecule has 1 atom stereocenters. The first-order valence-electron chi connectivity index (χ1n) is 5.92. The third-order valence-electron chi connectivity index (χ3n) is 2.64. The highest BCUT2D eigenvalue weighted by molar-refractivity contribution is 7.91. The highest BCUT2D eigenvalue weighted by Crippen LogP contribution is 2.16. The van der Waals surface area contributed by atoms with E-state index in [0.29, 0.717) is 12.6 Å². The van der Waals surface area contributed by atoms with Crippen molar-refractivity contribution in [1.29, 1.82) is 0 Å². The van der Waals surface area contributed by atoms with Crippen molar-refractivity contribution in [1.82, 2.24) is 5.32 Å². The topological polar surface area (TPSA) is 66.4 Å². The molecule has 0 aliphatic carbocycles. The number of rotatable bonds is 7. The van der Waals surface area contributed by atoms with Crippen molar-refractivity contribution < 1.29 is 22.3 Å². The third kappa shape index (κ3) is 4.52. The summed E-state index contributed by atoms with van der Waals surface area (Å²) < 4.78 is 49.9. The molecule has 7 heteroatoms. The van der Waals surface area contributed by atoms with Gasteiger partial charge in [-0.15, -0.1) is 0 Å². The summed E-state index contributed by atoms with van der Waals surface area (Å²) in [5.41, 5.74) is 0. The molecule has 108 valence electrons. The van der Waals surface area contributed by atoms with E-state index in [1.165, 1.54) is 0 Å². The van der Waals surface area contributed by atoms with Gasteiger partial charge in [0.15, 0.2) is 21.5 Å². The minimum absolute atomic E-state index is 0.148. The van der Waals surface area contributed by atoms with E-state index in [4.69, 9.17) is 5.11 Å². The van der Waals surface area contributed by atoms with Crippen LogP contribution < -0.4 is 5.32 Å². The second kappa shape index (κ2) is 6.93. The van der Waals surface area contributed by atoms with E-state index >= 15 is 0 Å². The van der Waals surface area contributed by atoms with Crippen molar-refractivity contribution in [3.05, 3.63) is 29.8 Å². The fraction of sp³-hybridized carbons (Fsp3) is 0.500. The minimum Gasteiger partial charge on any atom is -0.396 e. The number of hydrogen-bond donors (Lipinski definition) is 2. The Morgan fingerprint density at radius 2 is 2.00 bits per heavy atom. The van der Waals surface area contributed by atoms with Crippen LogP contribution in [0.25, 0.3) is 0 Å². The van der Waals surface area contributed by atoms with Gasteiger partial charge in [-0.05, 0) is 31.2 Å². The Bertz CT molecular complexity index is 514. The first-order valence-corrected chi connectivity index (χ1v) is 7.58. The number of sulfone groups is 1. The Morgan fingerprint density at radius 3 is 2.53 bits per heavy atom. The smallest absolute Gasteiger partial charge is 0.180 e. The van der Waals surface area contributed by atoms with Crippen LogP contribution in [-0.2, 0) is 9.84 Å². The van der Waals surface area contributed by atoms with Crippen LogP contribution in [0.1, 0.15) is 13.3 Å². The molecule has 0 aliphatic rings. The molecule has 0 saturated carbocycles.